The third-order valence-corrected chi connectivity index (χ3v) is 2.14. The smallest absolute Gasteiger partial charge is 0.314 e. The van der Waals surface area contributed by atoms with Crippen LogP contribution in [0.2, 0.25) is 0 Å². The van der Waals surface area contributed by atoms with Crippen molar-refractivity contribution in [2.45, 2.75) is 0 Å². The highest BCUT2D eigenvalue weighted by Gasteiger charge is 2.03. The van der Waals surface area contributed by atoms with E-state index >= 15 is 0 Å². The molecule has 0 unspecified atom stereocenters. The standard InChI is InChI=1S/C12H16F2N2O3/c1-18-6-4-15-12(17)16-5-7-19-9-2-3-10(13)11(14)8-9/h2-3,8H,4-7H2,1H3,(H2,15,16,17). The van der Waals surface area contributed by atoms with Gasteiger partial charge in [-0.15, -0.1) is 0 Å². The molecule has 2 N–H and O–H groups in total. The van der Waals surface area contributed by atoms with E-state index in [9.17, 15) is 13.6 Å². The number of ether oxygens (including phenoxy) is 2. The fourth-order valence-electron chi connectivity index (χ4n) is 1.23. The molecule has 0 aliphatic carbocycles. The van der Waals surface area contributed by atoms with E-state index < -0.39 is 11.6 Å². The van der Waals surface area contributed by atoms with E-state index in [4.69, 9.17) is 9.47 Å². The van der Waals surface area contributed by atoms with Gasteiger partial charge in [0.15, 0.2) is 11.6 Å². The molecule has 0 saturated heterocycles. The number of rotatable bonds is 7. The second-order valence-corrected chi connectivity index (χ2v) is 3.60. The van der Waals surface area contributed by atoms with Crippen LogP contribution < -0.4 is 15.4 Å². The molecule has 2 amide bonds. The zero-order valence-electron chi connectivity index (χ0n) is 10.5. The number of carbonyl (C=O) groups is 1. The van der Waals surface area contributed by atoms with Crippen molar-refractivity contribution in [2.75, 3.05) is 33.4 Å². The Morgan fingerprint density at radius 2 is 1.84 bits per heavy atom. The summed E-state index contributed by atoms with van der Waals surface area (Å²) in [4.78, 5) is 11.2. The van der Waals surface area contributed by atoms with Gasteiger partial charge in [0.25, 0.3) is 0 Å². The first kappa shape index (κ1) is 15.2. The fraction of sp³-hybridized carbons (Fsp3) is 0.417. The van der Waals surface area contributed by atoms with Crippen LogP contribution in [-0.4, -0.2) is 39.4 Å². The van der Waals surface area contributed by atoms with Gasteiger partial charge >= 0.3 is 6.03 Å². The minimum absolute atomic E-state index is 0.156. The van der Waals surface area contributed by atoms with E-state index in [1.165, 1.54) is 13.2 Å². The quantitative estimate of drug-likeness (QED) is 0.737. The molecule has 0 aliphatic rings. The highest BCUT2D eigenvalue weighted by Crippen LogP contribution is 2.14. The molecule has 0 fully saturated rings. The SMILES string of the molecule is COCCNC(=O)NCCOc1ccc(F)c(F)c1. The molecule has 0 spiro atoms. The van der Waals surface area contributed by atoms with E-state index in [0.29, 0.717) is 13.2 Å². The van der Waals surface area contributed by atoms with Crippen molar-refractivity contribution < 1.29 is 23.0 Å². The van der Waals surface area contributed by atoms with Crippen LogP contribution in [0.3, 0.4) is 0 Å². The maximum Gasteiger partial charge on any atom is 0.314 e. The summed E-state index contributed by atoms with van der Waals surface area (Å²) in [6.45, 7) is 1.24. The first-order chi connectivity index (χ1) is 9.13. The number of nitrogens with one attached hydrogen (secondary N) is 2. The summed E-state index contributed by atoms with van der Waals surface area (Å²) in [5, 5.41) is 5.10. The van der Waals surface area contributed by atoms with Crippen molar-refractivity contribution in [1.82, 2.24) is 10.6 Å². The first-order valence-corrected chi connectivity index (χ1v) is 5.72. The molecule has 0 bridgehead atoms. The fourth-order valence-corrected chi connectivity index (χ4v) is 1.23. The molecular formula is C12H16F2N2O3. The second-order valence-electron chi connectivity index (χ2n) is 3.60. The maximum atomic E-state index is 12.8. The molecule has 7 heteroatoms. The van der Waals surface area contributed by atoms with Gasteiger partial charge in [0.05, 0.1) is 13.2 Å². The molecule has 1 rings (SSSR count). The van der Waals surface area contributed by atoms with Gasteiger partial charge in [-0.3, -0.25) is 0 Å². The molecule has 0 heterocycles. The Hall–Kier alpha value is -1.89. The number of urea groups is 1. The molecule has 0 saturated carbocycles. The second kappa shape index (κ2) is 8.25. The third-order valence-electron chi connectivity index (χ3n) is 2.14. The Morgan fingerprint density at radius 1 is 1.16 bits per heavy atom. The van der Waals surface area contributed by atoms with Gasteiger partial charge in [0.2, 0.25) is 0 Å². The summed E-state index contributed by atoms with van der Waals surface area (Å²) in [5.41, 5.74) is 0. The number of carbonyl (C=O) groups excluding carboxylic acids is 1. The highest BCUT2D eigenvalue weighted by atomic mass is 19.2. The van der Waals surface area contributed by atoms with E-state index in [1.807, 2.05) is 0 Å². The lowest BCUT2D eigenvalue weighted by atomic mass is 10.3. The molecule has 5 nitrogen and oxygen atoms in total. The average Bonchev–Trinajstić information content (AvgIpc) is 2.39. The van der Waals surface area contributed by atoms with E-state index in [2.05, 4.69) is 10.6 Å². The highest BCUT2D eigenvalue weighted by molar-refractivity contribution is 5.73. The lowest BCUT2D eigenvalue weighted by Gasteiger charge is -2.09. The van der Waals surface area contributed by atoms with Crippen LogP contribution in [0.15, 0.2) is 18.2 Å². The Morgan fingerprint density at radius 3 is 2.47 bits per heavy atom. The molecule has 1 aromatic rings. The van der Waals surface area contributed by atoms with Gasteiger partial charge in [-0.25, -0.2) is 13.6 Å². The zero-order valence-corrected chi connectivity index (χ0v) is 10.5. The first-order valence-electron chi connectivity index (χ1n) is 5.72. The van der Waals surface area contributed by atoms with Gasteiger partial charge in [0.1, 0.15) is 12.4 Å². The van der Waals surface area contributed by atoms with E-state index in [1.54, 1.807) is 0 Å². The average molecular weight is 274 g/mol. The number of benzene rings is 1. The van der Waals surface area contributed by atoms with Crippen molar-refractivity contribution in [2.24, 2.45) is 0 Å². The normalized spacial score (nSPS) is 10.1. The van der Waals surface area contributed by atoms with Crippen molar-refractivity contribution in [3.8, 4) is 5.75 Å². The molecule has 1 aromatic carbocycles. The van der Waals surface area contributed by atoms with Crippen LogP contribution in [0.1, 0.15) is 0 Å². The lowest BCUT2D eigenvalue weighted by Crippen LogP contribution is -2.39. The topological polar surface area (TPSA) is 59.6 Å². The van der Waals surface area contributed by atoms with Crippen molar-refractivity contribution in [1.29, 1.82) is 0 Å². The summed E-state index contributed by atoms with van der Waals surface area (Å²) in [7, 11) is 1.54. The number of halogens is 2. The van der Waals surface area contributed by atoms with E-state index in [0.717, 1.165) is 12.1 Å². The molecule has 19 heavy (non-hydrogen) atoms. The Balaban J connectivity index is 2.16. The number of hydrogen-bond acceptors (Lipinski definition) is 3. The van der Waals surface area contributed by atoms with Gasteiger partial charge in [0, 0.05) is 19.7 Å². The minimum Gasteiger partial charge on any atom is -0.492 e. The van der Waals surface area contributed by atoms with Crippen molar-refractivity contribution >= 4 is 6.03 Å². The van der Waals surface area contributed by atoms with Crippen molar-refractivity contribution in [3.05, 3.63) is 29.8 Å². The van der Waals surface area contributed by atoms with Gasteiger partial charge in [-0.1, -0.05) is 0 Å². The molecular weight excluding hydrogens is 258 g/mol. The molecule has 0 aromatic heterocycles. The summed E-state index contributed by atoms with van der Waals surface area (Å²) in [5.74, 6) is -1.69. The number of amides is 2. The number of hydrogen-bond donors (Lipinski definition) is 2. The molecule has 106 valence electrons. The predicted octanol–water partition coefficient (Wildman–Crippen LogP) is 1.29. The third kappa shape index (κ3) is 6.01. The van der Waals surface area contributed by atoms with Crippen molar-refractivity contribution in [3.63, 3.8) is 0 Å². The van der Waals surface area contributed by atoms with Crippen LogP contribution in [-0.2, 0) is 4.74 Å². The summed E-state index contributed by atoms with van der Waals surface area (Å²) in [6, 6.07) is 2.91. The molecule has 0 aliphatic heterocycles. The molecule has 0 atom stereocenters. The van der Waals surface area contributed by atoms with Crippen LogP contribution in [0.5, 0.6) is 5.75 Å². The Kier molecular flexibility index (Phi) is 6.59. The van der Waals surface area contributed by atoms with Crippen LogP contribution in [0, 0.1) is 11.6 Å². The van der Waals surface area contributed by atoms with Crippen LogP contribution in [0.25, 0.3) is 0 Å². The maximum absolute atomic E-state index is 12.8. The van der Waals surface area contributed by atoms with E-state index in [-0.39, 0.29) is 24.9 Å². The lowest BCUT2D eigenvalue weighted by molar-refractivity contribution is 0.195. The Labute approximate surface area is 109 Å². The summed E-state index contributed by atoms with van der Waals surface area (Å²) >= 11 is 0. The van der Waals surface area contributed by atoms with Crippen LogP contribution in [0.4, 0.5) is 13.6 Å². The predicted molar refractivity (Wildman–Crippen MR) is 65.1 cm³/mol. The van der Waals surface area contributed by atoms with Gasteiger partial charge < -0.3 is 20.1 Å². The monoisotopic (exact) mass is 274 g/mol. The minimum atomic E-state index is -0.970. The van der Waals surface area contributed by atoms with Gasteiger partial charge in [-0.2, -0.15) is 0 Å². The number of methoxy groups -OCH3 is 1. The summed E-state index contributed by atoms with van der Waals surface area (Å²) < 4.78 is 35.4. The largest absolute Gasteiger partial charge is 0.492 e. The van der Waals surface area contributed by atoms with Crippen LogP contribution >= 0.6 is 0 Å². The Bertz CT molecular complexity index is 416. The van der Waals surface area contributed by atoms with Gasteiger partial charge in [-0.05, 0) is 12.1 Å². The summed E-state index contributed by atoms with van der Waals surface area (Å²) in [6.07, 6.45) is 0. The molecule has 0 radical (unpaired) electrons. The zero-order chi connectivity index (χ0) is 14.1.